The average Bonchev–Trinajstić information content (AvgIpc) is 2.70. The van der Waals surface area contributed by atoms with Gasteiger partial charge in [-0.15, -0.1) is 11.3 Å². The standard InChI is InChI=1S/C19H10ClN5O2S/c20-10-5-7-11(8-6-10)24-25-14(9-21)19-23-17(26)15-12-3-1-2-4-13(12)22-18(27)16(15)28-19/h1-8,24H,(H,22,27)/b25-14+. The van der Waals surface area contributed by atoms with Crippen LogP contribution in [-0.4, -0.2) is 15.7 Å². The minimum atomic E-state index is -0.583. The van der Waals surface area contributed by atoms with Crippen LogP contribution in [0.5, 0.6) is 0 Å². The second-order valence-electron chi connectivity index (χ2n) is 5.72. The van der Waals surface area contributed by atoms with Gasteiger partial charge in [-0.25, -0.2) is 0 Å². The van der Waals surface area contributed by atoms with E-state index in [0.717, 1.165) is 11.3 Å². The van der Waals surface area contributed by atoms with Crippen molar-refractivity contribution in [3.05, 3.63) is 79.3 Å². The third-order valence-corrected chi connectivity index (χ3v) is 5.27. The predicted molar refractivity (Wildman–Crippen MR) is 111 cm³/mol. The van der Waals surface area contributed by atoms with Crippen molar-refractivity contribution in [2.24, 2.45) is 5.10 Å². The molecule has 9 heteroatoms. The summed E-state index contributed by atoms with van der Waals surface area (Å²) in [6, 6.07) is 15.6. The van der Waals surface area contributed by atoms with E-state index in [2.05, 4.69) is 20.5 Å². The number of hydrogen-bond donors (Lipinski definition) is 2. The zero-order valence-electron chi connectivity index (χ0n) is 14.1. The first-order valence-corrected chi connectivity index (χ1v) is 9.22. The molecule has 0 spiro atoms. The smallest absolute Gasteiger partial charge is 0.280 e. The lowest BCUT2D eigenvalue weighted by Crippen LogP contribution is -2.17. The van der Waals surface area contributed by atoms with Gasteiger partial charge >= 0.3 is 0 Å². The van der Waals surface area contributed by atoms with Crippen LogP contribution in [0.25, 0.3) is 21.0 Å². The van der Waals surface area contributed by atoms with Crippen LogP contribution in [-0.2, 0) is 0 Å². The number of pyridine rings is 1. The summed E-state index contributed by atoms with van der Waals surface area (Å²) in [4.78, 5) is 31.8. The Balaban J connectivity index is 1.85. The van der Waals surface area contributed by atoms with E-state index in [4.69, 9.17) is 11.6 Å². The van der Waals surface area contributed by atoms with Crippen molar-refractivity contribution < 1.29 is 0 Å². The molecule has 0 fully saturated rings. The van der Waals surface area contributed by atoms with Crippen LogP contribution < -0.4 is 16.5 Å². The lowest BCUT2D eigenvalue weighted by molar-refractivity contribution is 1.26. The molecule has 0 atom stereocenters. The third kappa shape index (κ3) is 3.24. The summed E-state index contributed by atoms with van der Waals surface area (Å²) >= 11 is 6.78. The van der Waals surface area contributed by atoms with Crippen LogP contribution >= 0.6 is 22.9 Å². The Labute approximate surface area is 166 Å². The van der Waals surface area contributed by atoms with Crippen LogP contribution in [0.15, 0.2) is 63.2 Å². The van der Waals surface area contributed by atoms with Crippen molar-refractivity contribution in [3.8, 4) is 6.07 Å². The van der Waals surface area contributed by atoms with Crippen molar-refractivity contribution in [2.45, 2.75) is 0 Å². The van der Waals surface area contributed by atoms with E-state index in [1.54, 1.807) is 48.5 Å². The number of benzene rings is 2. The second kappa shape index (κ2) is 7.23. The molecule has 0 aliphatic heterocycles. The summed E-state index contributed by atoms with van der Waals surface area (Å²) in [6.07, 6.45) is 0. The first-order chi connectivity index (χ1) is 13.6. The van der Waals surface area contributed by atoms with Crippen molar-refractivity contribution in [1.82, 2.24) is 9.97 Å². The molecule has 4 aromatic rings. The van der Waals surface area contributed by atoms with Gasteiger partial charge in [-0.3, -0.25) is 15.0 Å². The summed E-state index contributed by atoms with van der Waals surface area (Å²) in [7, 11) is 0. The number of fused-ring (bicyclic) bond motifs is 3. The molecule has 0 aliphatic rings. The molecule has 0 amide bonds. The molecular weight excluding hydrogens is 398 g/mol. The highest BCUT2D eigenvalue weighted by atomic mass is 35.5. The van der Waals surface area contributed by atoms with Gasteiger partial charge in [-0.2, -0.15) is 15.3 Å². The van der Waals surface area contributed by atoms with Gasteiger partial charge < -0.3 is 4.98 Å². The number of nitrogens with zero attached hydrogens (tertiary/aromatic N) is 3. The molecule has 0 aliphatic carbocycles. The average molecular weight is 408 g/mol. The van der Waals surface area contributed by atoms with Crippen LogP contribution in [0.4, 0.5) is 5.69 Å². The zero-order valence-corrected chi connectivity index (χ0v) is 15.6. The van der Waals surface area contributed by atoms with Gasteiger partial charge in [0.2, 0.25) is 0 Å². The number of para-hydroxylation sites is 1. The minimum absolute atomic E-state index is 0.0576. The number of hydrazone groups is 1. The molecule has 0 radical (unpaired) electrons. The van der Waals surface area contributed by atoms with Gasteiger partial charge in [0.05, 0.1) is 11.1 Å². The quantitative estimate of drug-likeness (QED) is 0.307. The van der Waals surface area contributed by atoms with Crippen LogP contribution in [0.1, 0.15) is 5.01 Å². The van der Waals surface area contributed by atoms with Crippen molar-refractivity contribution in [1.29, 1.82) is 5.26 Å². The monoisotopic (exact) mass is 407 g/mol. The van der Waals surface area contributed by atoms with Crippen LogP contribution in [0.3, 0.4) is 0 Å². The Bertz CT molecular complexity index is 1400. The number of halogens is 1. The molecule has 2 aromatic carbocycles. The van der Waals surface area contributed by atoms with Crippen molar-refractivity contribution in [2.75, 3.05) is 5.43 Å². The molecule has 28 heavy (non-hydrogen) atoms. The molecule has 0 bridgehead atoms. The highest BCUT2D eigenvalue weighted by Crippen LogP contribution is 2.22. The second-order valence-corrected chi connectivity index (χ2v) is 7.15. The first-order valence-electron chi connectivity index (χ1n) is 8.02. The predicted octanol–water partition coefficient (Wildman–Crippen LogP) is 3.49. The number of rotatable bonds is 3. The molecule has 0 saturated carbocycles. The van der Waals surface area contributed by atoms with Gasteiger partial charge in [0.1, 0.15) is 10.8 Å². The molecule has 4 rings (SSSR count). The molecule has 2 aromatic heterocycles. The summed E-state index contributed by atoms with van der Waals surface area (Å²) in [5.74, 6) is 0. The topological polar surface area (TPSA) is 111 Å². The fraction of sp³-hybridized carbons (Fsp3) is 0. The Morgan fingerprint density at radius 2 is 1.93 bits per heavy atom. The van der Waals surface area contributed by atoms with E-state index >= 15 is 0 Å². The van der Waals surface area contributed by atoms with E-state index in [1.165, 1.54) is 0 Å². The normalized spacial score (nSPS) is 11.5. The molecule has 7 nitrogen and oxygen atoms in total. The van der Waals surface area contributed by atoms with E-state index < -0.39 is 11.1 Å². The maximum Gasteiger partial charge on any atom is 0.280 e. The van der Waals surface area contributed by atoms with E-state index in [1.807, 2.05) is 6.07 Å². The molecule has 136 valence electrons. The number of nitriles is 1. The highest BCUT2D eigenvalue weighted by Gasteiger charge is 2.15. The Kier molecular flexibility index (Phi) is 4.61. The number of nitrogens with one attached hydrogen (secondary N) is 2. The van der Waals surface area contributed by atoms with E-state index in [0.29, 0.717) is 21.6 Å². The summed E-state index contributed by atoms with van der Waals surface area (Å²) in [5, 5.41) is 14.9. The lowest BCUT2D eigenvalue weighted by Gasteiger charge is -2.04. The largest absolute Gasteiger partial charge is 0.321 e. The number of H-pyrrole nitrogens is 1. The number of aromatic amines is 1. The van der Waals surface area contributed by atoms with Gasteiger partial charge in [0.25, 0.3) is 11.1 Å². The van der Waals surface area contributed by atoms with Crippen LogP contribution in [0, 0.1) is 11.3 Å². The maximum absolute atomic E-state index is 12.6. The number of hydrogen-bond acceptors (Lipinski definition) is 7. The number of aromatic nitrogens is 2. The van der Waals surface area contributed by atoms with E-state index in [9.17, 15) is 14.9 Å². The summed E-state index contributed by atoms with van der Waals surface area (Å²) < 4.78 is 0.197. The Hall–Kier alpha value is -3.54. The van der Waals surface area contributed by atoms with Crippen LogP contribution in [0.2, 0.25) is 5.02 Å². The van der Waals surface area contributed by atoms with Crippen molar-refractivity contribution >= 4 is 55.3 Å². The van der Waals surface area contributed by atoms with Gasteiger partial charge in [-0.1, -0.05) is 29.8 Å². The van der Waals surface area contributed by atoms with E-state index in [-0.39, 0.29) is 20.8 Å². The fourth-order valence-electron chi connectivity index (χ4n) is 2.67. The minimum Gasteiger partial charge on any atom is -0.321 e. The van der Waals surface area contributed by atoms with Gasteiger partial charge in [0.15, 0.2) is 10.7 Å². The molecule has 0 saturated heterocycles. The maximum atomic E-state index is 12.6. The Morgan fingerprint density at radius 3 is 2.68 bits per heavy atom. The van der Waals surface area contributed by atoms with Gasteiger partial charge in [-0.05, 0) is 30.3 Å². The number of anilines is 1. The summed E-state index contributed by atoms with van der Waals surface area (Å²) in [6.45, 7) is 0. The SMILES string of the molecule is N#C/C(=N\Nc1ccc(Cl)cc1)c1nc(=O)c2c(s1)c(=O)[nH]c1ccccc12. The Morgan fingerprint density at radius 1 is 1.18 bits per heavy atom. The molecular formula is C19H10ClN5O2S. The van der Waals surface area contributed by atoms with Gasteiger partial charge in [0, 0.05) is 15.9 Å². The zero-order chi connectivity index (χ0) is 19.7. The molecule has 2 heterocycles. The molecule has 2 N–H and O–H groups in total. The first kappa shape index (κ1) is 17.9. The fourth-order valence-corrected chi connectivity index (χ4v) is 3.75. The molecule has 0 unspecified atom stereocenters. The third-order valence-electron chi connectivity index (χ3n) is 3.94. The highest BCUT2D eigenvalue weighted by molar-refractivity contribution is 7.20. The lowest BCUT2D eigenvalue weighted by atomic mass is 10.1. The summed E-state index contributed by atoms with van der Waals surface area (Å²) in [5.41, 5.74) is 2.78. The van der Waals surface area contributed by atoms with Crippen molar-refractivity contribution in [3.63, 3.8) is 0 Å².